The highest BCUT2D eigenvalue weighted by Gasteiger charge is 2.32. The molecule has 1 aromatic heterocycles. The van der Waals surface area contributed by atoms with E-state index in [1.165, 1.54) is 4.31 Å². The van der Waals surface area contributed by atoms with Gasteiger partial charge in [-0.15, -0.1) is 0 Å². The lowest BCUT2D eigenvalue weighted by Gasteiger charge is -2.30. The molecular weight excluding hydrogens is 424 g/mol. The van der Waals surface area contributed by atoms with Crippen molar-refractivity contribution in [3.05, 3.63) is 70.3 Å². The number of sulfonamides is 1. The summed E-state index contributed by atoms with van der Waals surface area (Å²) in [5.74, 6) is 0.463. The van der Waals surface area contributed by atoms with E-state index in [1.54, 1.807) is 41.0 Å². The van der Waals surface area contributed by atoms with Crippen molar-refractivity contribution < 1.29 is 8.42 Å². The van der Waals surface area contributed by atoms with Crippen LogP contribution in [0.5, 0.6) is 0 Å². The third-order valence-corrected chi connectivity index (χ3v) is 7.52. The van der Waals surface area contributed by atoms with Gasteiger partial charge in [0.05, 0.1) is 21.8 Å². The fourth-order valence-electron chi connectivity index (χ4n) is 3.74. The predicted octanol–water partition coefficient (Wildman–Crippen LogP) is 3.43. The molecule has 0 bridgehead atoms. The van der Waals surface area contributed by atoms with Gasteiger partial charge in [0.1, 0.15) is 5.82 Å². The molecule has 0 aliphatic heterocycles. The highest BCUT2D eigenvalue weighted by molar-refractivity contribution is 7.89. The van der Waals surface area contributed by atoms with Gasteiger partial charge in [-0.05, 0) is 58.6 Å². The fraction of sp³-hybridized carbons (Fsp3) is 0.417. The Hall–Kier alpha value is -2.55. The monoisotopic (exact) mass is 456 g/mol. The molecule has 1 heterocycles. The molecule has 2 aromatic carbocycles. The van der Waals surface area contributed by atoms with Crippen molar-refractivity contribution >= 4 is 20.9 Å². The standard InChI is InChI=1S/C24H32N4O3S/c1-6-15-27-23(25-22-10-8-7-9-21(22)24(27)29)19(3)28(17-16-26(4)5)32(30,31)20-13-11-18(2)12-14-20/h7-14,19H,6,15-17H2,1-5H3. The first-order chi connectivity index (χ1) is 15.2. The average Bonchev–Trinajstić information content (AvgIpc) is 2.75. The second-order valence-electron chi connectivity index (χ2n) is 8.35. The number of fused-ring (bicyclic) bond motifs is 1. The van der Waals surface area contributed by atoms with Gasteiger partial charge in [-0.2, -0.15) is 4.31 Å². The maximum Gasteiger partial charge on any atom is 0.261 e. The number of likely N-dealkylation sites (N-methyl/N-ethyl adjacent to an activating group) is 1. The van der Waals surface area contributed by atoms with Gasteiger partial charge in [0.25, 0.3) is 5.56 Å². The van der Waals surface area contributed by atoms with Gasteiger partial charge < -0.3 is 4.90 Å². The molecule has 8 heteroatoms. The van der Waals surface area contributed by atoms with E-state index in [0.29, 0.717) is 29.8 Å². The van der Waals surface area contributed by atoms with Crippen molar-refractivity contribution in [1.29, 1.82) is 0 Å². The third-order valence-electron chi connectivity index (χ3n) is 5.54. The molecule has 0 N–H and O–H groups in total. The quantitative estimate of drug-likeness (QED) is 0.493. The molecule has 0 saturated carbocycles. The van der Waals surface area contributed by atoms with Gasteiger partial charge in [0, 0.05) is 19.6 Å². The lowest BCUT2D eigenvalue weighted by molar-refractivity contribution is 0.281. The van der Waals surface area contributed by atoms with Crippen molar-refractivity contribution in [3.8, 4) is 0 Å². The molecule has 32 heavy (non-hydrogen) atoms. The van der Waals surface area contributed by atoms with Crippen LogP contribution in [0.2, 0.25) is 0 Å². The van der Waals surface area contributed by atoms with E-state index >= 15 is 0 Å². The van der Waals surface area contributed by atoms with Crippen LogP contribution in [0, 0.1) is 6.92 Å². The van der Waals surface area contributed by atoms with E-state index in [0.717, 1.165) is 12.0 Å². The molecule has 1 atom stereocenters. The number of benzene rings is 2. The van der Waals surface area contributed by atoms with Crippen LogP contribution in [0.3, 0.4) is 0 Å². The highest BCUT2D eigenvalue weighted by Crippen LogP contribution is 2.27. The maximum atomic E-state index is 13.7. The van der Waals surface area contributed by atoms with Crippen molar-refractivity contribution in [3.63, 3.8) is 0 Å². The largest absolute Gasteiger partial charge is 0.308 e. The Balaban J connectivity index is 2.17. The van der Waals surface area contributed by atoms with Crippen LogP contribution in [-0.4, -0.2) is 54.4 Å². The van der Waals surface area contributed by atoms with Crippen molar-refractivity contribution in [2.75, 3.05) is 27.2 Å². The van der Waals surface area contributed by atoms with E-state index in [2.05, 4.69) is 0 Å². The highest BCUT2D eigenvalue weighted by atomic mass is 32.2. The van der Waals surface area contributed by atoms with Crippen LogP contribution in [0.25, 0.3) is 10.9 Å². The number of hydrogen-bond donors (Lipinski definition) is 0. The number of hydrogen-bond acceptors (Lipinski definition) is 5. The third kappa shape index (κ3) is 4.92. The topological polar surface area (TPSA) is 75.5 Å². The van der Waals surface area contributed by atoms with Gasteiger partial charge in [0.15, 0.2) is 0 Å². The zero-order valence-corrected chi connectivity index (χ0v) is 20.3. The molecule has 0 radical (unpaired) electrons. The average molecular weight is 457 g/mol. The van der Waals surface area contributed by atoms with Gasteiger partial charge in [-0.3, -0.25) is 9.36 Å². The first-order valence-corrected chi connectivity index (χ1v) is 12.3. The van der Waals surface area contributed by atoms with Crippen molar-refractivity contribution in [1.82, 2.24) is 18.8 Å². The minimum Gasteiger partial charge on any atom is -0.308 e. The normalized spacial score (nSPS) is 13.2. The van der Waals surface area contributed by atoms with Gasteiger partial charge in [-0.25, -0.2) is 13.4 Å². The lowest BCUT2D eigenvalue weighted by atomic mass is 10.2. The Labute approximate surface area is 190 Å². The molecule has 0 aliphatic carbocycles. The number of nitrogens with zero attached hydrogens (tertiary/aromatic N) is 4. The second-order valence-corrected chi connectivity index (χ2v) is 10.2. The van der Waals surface area contributed by atoms with E-state index < -0.39 is 16.1 Å². The molecular formula is C24H32N4O3S. The molecule has 0 amide bonds. The van der Waals surface area contributed by atoms with E-state index in [-0.39, 0.29) is 17.0 Å². The first-order valence-electron chi connectivity index (χ1n) is 10.9. The summed E-state index contributed by atoms with van der Waals surface area (Å²) < 4.78 is 30.4. The number of aryl methyl sites for hydroxylation is 1. The van der Waals surface area contributed by atoms with E-state index in [4.69, 9.17) is 4.98 Å². The maximum absolute atomic E-state index is 13.7. The molecule has 0 aliphatic rings. The molecule has 0 spiro atoms. The summed E-state index contributed by atoms with van der Waals surface area (Å²) in [6.45, 7) is 7.01. The van der Waals surface area contributed by atoms with Crippen LogP contribution in [0.4, 0.5) is 0 Å². The molecule has 7 nitrogen and oxygen atoms in total. The lowest BCUT2D eigenvalue weighted by Crippen LogP contribution is -2.41. The van der Waals surface area contributed by atoms with E-state index in [9.17, 15) is 13.2 Å². The van der Waals surface area contributed by atoms with Crippen LogP contribution in [-0.2, 0) is 16.6 Å². The van der Waals surface area contributed by atoms with Gasteiger partial charge in [-0.1, -0.05) is 36.8 Å². The Morgan fingerprint density at radius 1 is 1.03 bits per heavy atom. The predicted molar refractivity (Wildman–Crippen MR) is 128 cm³/mol. The minimum absolute atomic E-state index is 0.139. The fourth-order valence-corrected chi connectivity index (χ4v) is 5.32. The Morgan fingerprint density at radius 3 is 2.31 bits per heavy atom. The van der Waals surface area contributed by atoms with Crippen LogP contribution in [0.1, 0.15) is 37.7 Å². The Kier molecular flexibility index (Phi) is 7.48. The van der Waals surface area contributed by atoms with Crippen LogP contribution >= 0.6 is 0 Å². The molecule has 0 fully saturated rings. The Morgan fingerprint density at radius 2 is 1.69 bits per heavy atom. The second kappa shape index (κ2) is 9.94. The summed E-state index contributed by atoms with van der Waals surface area (Å²) in [5, 5.41) is 0.540. The molecule has 172 valence electrons. The minimum atomic E-state index is -3.81. The summed E-state index contributed by atoms with van der Waals surface area (Å²) in [5.41, 5.74) is 1.43. The number of rotatable bonds is 9. The number of aromatic nitrogens is 2. The number of para-hydroxylation sites is 1. The molecule has 0 saturated heterocycles. The van der Waals surface area contributed by atoms with Crippen LogP contribution in [0.15, 0.2) is 58.2 Å². The zero-order valence-electron chi connectivity index (χ0n) is 19.4. The van der Waals surface area contributed by atoms with Crippen LogP contribution < -0.4 is 5.56 Å². The molecule has 1 unspecified atom stereocenters. The first kappa shape index (κ1) is 24.1. The summed E-state index contributed by atoms with van der Waals surface area (Å²) in [6, 6.07) is 13.4. The summed E-state index contributed by atoms with van der Waals surface area (Å²) in [4.78, 5) is 20.2. The van der Waals surface area contributed by atoms with Crippen molar-refractivity contribution in [2.45, 2.75) is 44.7 Å². The van der Waals surface area contributed by atoms with Crippen molar-refractivity contribution in [2.24, 2.45) is 0 Å². The van der Waals surface area contributed by atoms with E-state index in [1.807, 2.05) is 51.9 Å². The SMILES string of the molecule is CCCn1c(C(C)N(CCN(C)C)S(=O)(=O)c2ccc(C)cc2)nc2ccccc2c1=O. The smallest absolute Gasteiger partial charge is 0.261 e. The van der Waals surface area contributed by atoms with Gasteiger partial charge >= 0.3 is 0 Å². The summed E-state index contributed by atoms with van der Waals surface area (Å²) in [7, 11) is 0.00335. The molecule has 3 rings (SSSR count). The Bertz CT molecular complexity index is 1230. The molecule has 3 aromatic rings. The summed E-state index contributed by atoms with van der Waals surface area (Å²) >= 11 is 0. The summed E-state index contributed by atoms with van der Waals surface area (Å²) in [6.07, 6.45) is 0.738. The zero-order chi connectivity index (χ0) is 23.5. The van der Waals surface area contributed by atoms with Gasteiger partial charge in [0.2, 0.25) is 10.0 Å².